The standard InChI is InChI=1S/C13H14ClN3O3/c1-2-3-12-11(8-18)13(14)16(15-12)9-4-6-10(7-5-9)17(19)20/h4-7,18H,2-3,8H2,1H3. The monoisotopic (exact) mass is 295 g/mol. The molecule has 106 valence electrons. The van der Waals surface area contributed by atoms with Crippen molar-refractivity contribution in [3.63, 3.8) is 0 Å². The number of aliphatic hydroxyl groups excluding tert-OH is 1. The molecular formula is C13H14ClN3O3. The summed E-state index contributed by atoms with van der Waals surface area (Å²) in [5.74, 6) is 0. The molecule has 1 aromatic heterocycles. The van der Waals surface area contributed by atoms with Crippen LogP contribution < -0.4 is 0 Å². The van der Waals surface area contributed by atoms with E-state index in [-0.39, 0.29) is 12.3 Å². The Hall–Kier alpha value is -1.92. The van der Waals surface area contributed by atoms with Gasteiger partial charge in [0.2, 0.25) is 0 Å². The molecule has 0 radical (unpaired) electrons. The lowest BCUT2D eigenvalue weighted by Gasteiger charge is -2.02. The van der Waals surface area contributed by atoms with Crippen molar-refractivity contribution >= 4 is 17.3 Å². The molecule has 1 aromatic carbocycles. The number of non-ortho nitro benzene ring substituents is 1. The van der Waals surface area contributed by atoms with Crippen LogP contribution in [0.15, 0.2) is 24.3 Å². The number of aryl methyl sites for hydroxylation is 1. The van der Waals surface area contributed by atoms with Gasteiger partial charge in [-0.2, -0.15) is 5.10 Å². The SMILES string of the molecule is CCCc1nn(-c2ccc([N+](=O)[O-])cc2)c(Cl)c1CO. The third-order valence-electron chi connectivity index (χ3n) is 2.95. The number of aliphatic hydroxyl groups is 1. The summed E-state index contributed by atoms with van der Waals surface area (Å²) in [5.41, 5.74) is 1.98. The van der Waals surface area contributed by atoms with Gasteiger partial charge in [0, 0.05) is 17.7 Å². The first-order valence-electron chi connectivity index (χ1n) is 6.20. The number of halogens is 1. The molecule has 0 aliphatic rings. The largest absolute Gasteiger partial charge is 0.391 e. The summed E-state index contributed by atoms with van der Waals surface area (Å²) in [6, 6.07) is 5.94. The minimum absolute atomic E-state index is 0.00759. The van der Waals surface area contributed by atoms with Crippen LogP contribution in [0.25, 0.3) is 5.69 Å². The van der Waals surface area contributed by atoms with Gasteiger partial charge in [-0.3, -0.25) is 10.1 Å². The Morgan fingerprint density at radius 2 is 2.05 bits per heavy atom. The van der Waals surface area contributed by atoms with E-state index in [1.807, 2.05) is 6.92 Å². The summed E-state index contributed by atoms with van der Waals surface area (Å²) < 4.78 is 1.49. The first-order valence-corrected chi connectivity index (χ1v) is 6.58. The highest BCUT2D eigenvalue weighted by molar-refractivity contribution is 6.30. The zero-order chi connectivity index (χ0) is 14.7. The van der Waals surface area contributed by atoms with Gasteiger partial charge in [-0.1, -0.05) is 24.9 Å². The van der Waals surface area contributed by atoms with Crippen LogP contribution in [0.1, 0.15) is 24.6 Å². The van der Waals surface area contributed by atoms with Crippen LogP contribution in [-0.2, 0) is 13.0 Å². The molecule has 0 saturated heterocycles. The van der Waals surface area contributed by atoms with E-state index in [4.69, 9.17) is 11.6 Å². The number of rotatable bonds is 5. The normalized spacial score (nSPS) is 10.8. The molecule has 0 fully saturated rings. The van der Waals surface area contributed by atoms with E-state index in [0.29, 0.717) is 16.4 Å². The topological polar surface area (TPSA) is 81.2 Å². The van der Waals surface area contributed by atoms with E-state index in [2.05, 4.69) is 5.10 Å². The Labute approximate surface area is 120 Å². The van der Waals surface area contributed by atoms with Crippen LogP contribution in [0.4, 0.5) is 5.69 Å². The number of hydrogen-bond acceptors (Lipinski definition) is 4. The molecule has 1 heterocycles. The van der Waals surface area contributed by atoms with Crippen LogP contribution in [0, 0.1) is 10.1 Å². The van der Waals surface area contributed by atoms with E-state index < -0.39 is 4.92 Å². The van der Waals surface area contributed by atoms with Gasteiger partial charge in [0.1, 0.15) is 5.15 Å². The fraction of sp³-hybridized carbons (Fsp3) is 0.308. The van der Waals surface area contributed by atoms with Crippen molar-refractivity contribution in [3.8, 4) is 5.69 Å². The lowest BCUT2D eigenvalue weighted by molar-refractivity contribution is -0.384. The van der Waals surface area contributed by atoms with Crippen LogP contribution in [0.2, 0.25) is 5.15 Å². The van der Waals surface area contributed by atoms with Crippen LogP contribution in [0.3, 0.4) is 0 Å². The second-order valence-electron chi connectivity index (χ2n) is 4.31. The Bertz CT molecular complexity index is 623. The average molecular weight is 296 g/mol. The third-order valence-corrected chi connectivity index (χ3v) is 3.34. The predicted octanol–water partition coefficient (Wildman–Crippen LogP) is 2.88. The zero-order valence-corrected chi connectivity index (χ0v) is 11.7. The molecule has 0 unspecified atom stereocenters. The van der Waals surface area contributed by atoms with Gasteiger partial charge in [0.25, 0.3) is 5.69 Å². The minimum Gasteiger partial charge on any atom is -0.391 e. The molecule has 0 aliphatic carbocycles. The molecule has 20 heavy (non-hydrogen) atoms. The van der Waals surface area contributed by atoms with Crippen molar-refractivity contribution in [2.24, 2.45) is 0 Å². The Balaban J connectivity index is 2.44. The van der Waals surface area contributed by atoms with Gasteiger partial charge in [0.05, 0.1) is 22.9 Å². The second-order valence-corrected chi connectivity index (χ2v) is 4.67. The van der Waals surface area contributed by atoms with Crippen molar-refractivity contribution in [2.45, 2.75) is 26.4 Å². The van der Waals surface area contributed by atoms with E-state index >= 15 is 0 Å². The molecule has 1 N–H and O–H groups in total. The first-order chi connectivity index (χ1) is 9.58. The number of nitro benzene ring substituents is 1. The second kappa shape index (κ2) is 6.02. The molecule has 2 aromatic rings. The highest BCUT2D eigenvalue weighted by Gasteiger charge is 2.16. The molecule has 0 spiro atoms. The summed E-state index contributed by atoms with van der Waals surface area (Å²) >= 11 is 6.21. The Morgan fingerprint density at radius 3 is 2.55 bits per heavy atom. The van der Waals surface area contributed by atoms with E-state index in [1.165, 1.54) is 16.8 Å². The van der Waals surface area contributed by atoms with Crippen molar-refractivity contribution in [3.05, 3.63) is 50.8 Å². The Morgan fingerprint density at radius 1 is 1.40 bits per heavy atom. The fourth-order valence-electron chi connectivity index (χ4n) is 1.95. The van der Waals surface area contributed by atoms with E-state index in [0.717, 1.165) is 18.5 Å². The molecule has 0 amide bonds. The highest BCUT2D eigenvalue weighted by Crippen LogP contribution is 2.25. The summed E-state index contributed by atoms with van der Waals surface area (Å²) in [5, 5.41) is 24.7. The molecular weight excluding hydrogens is 282 g/mol. The van der Waals surface area contributed by atoms with Gasteiger partial charge < -0.3 is 5.11 Å². The number of hydrogen-bond donors (Lipinski definition) is 1. The van der Waals surface area contributed by atoms with Crippen molar-refractivity contribution < 1.29 is 10.0 Å². The number of benzene rings is 1. The molecule has 7 heteroatoms. The van der Waals surface area contributed by atoms with Gasteiger partial charge in [-0.05, 0) is 18.6 Å². The smallest absolute Gasteiger partial charge is 0.269 e. The molecule has 0 atom stereocenters. The third kappa shape index (κ3) is 2.66. The minimum atomic E-state index is -0.462. The van der Waals surface area contributed by atoms with Crippen LogP contribution >= 0.6 is 11.6 Å². The van der Waals surface area contributed by atoms with E-state index in [9.17, 15) is 15.2 Å². The molecule has 0 bridgehead atoms. The maximum Gasteiger partial charge on any atom is 0.269 e. The first kappa shape index (κ1) is 14.5. The fourth-order valence-corrected chi connectivity index (χ4v) is 2.26. The maximum atomic E-state index is 10.6. The predicted molar refractivity (Wildman–Crippen MR) is 75.1 cm³/mol. The summed E-state index contributed by atoms with van der Waals surface area (Å²) in [6.07, 6.45) is 1.61. The Kier molecular flexibility index (Phi) is 4.36. The molecule has 0 saturated carbocycles. The van der Waals surface area contributed by atoms with Gasteiger partial charge >= 0.3 is 0 Å². The lowest BCUT2D eigenvalue weighted by atomic mass is 10.2. The number of nitro groups is 1. The summed E-state index contributed by atoms with van der Waals surface area (Å²) in [7, 11) is 0. The van der Waals surface area contributed by atoms with Gasteiger partial charge in [-0.25, -0.2) is 4.68 Å². The van der Waals surface area contributed by atoms with Gasteiger partial charge in [-0.15, -0.1) is 0 Å². The zero-order valence-electron chi connectivity index (χ0n) is 10.9. The lowest BCUT2D eigenvalue weighted by Crippen LogP contribution is -1.98. The van der Waals surface area contributed by atoms with Crippen LogP contribution in [-0.4, -0.2) is 19.8 Å². The summed E-state index contributed by atoms with van der Waals surface area (Å²) in [4.78, 5) is 10.2. The number of aromatic nitrogens is 2. The van der Waals surface area contributed by atoms with Crippen molar-refractivity contribution in [2.75, 3.05) is 0 Å². The van der Waals surface area contributed by atoms with Crippen LogP contribution in [0.5, 0.6) is 0 Å². The molecule has 2 rings (SSSR count). The summed E-state index contributed by atoms with van der Waals surface area (Å²) in [6.45, 7) is 1.83. The quantitative estimate of drug-likeness (QED) is 0.679. The van der Waals surface area contributed by atoms with Gasteiger partial charge in [0.15, 0.2) is 0 Å². The maximum absolute atomic E-state index is 10.6. The highest BCUT2D eigenvalue weighted by atomic mass is 35.5. The van der Waals surface area contributed by atoms with Crippen molar-refractivity contribution in [1.29, 1.82) is 0 Å². The van der Waals surface area contributed by atoms with E-state index in [1.54, 1.807) is 12.1 Å². The van der Waals surface area contributed by atoms with Crippen molar-refractivity contribution in [1.82, 2.24) is 9.78 Å². The average Bonchev–Trinajstić information content (AvgIpc) is 2.75. The molecule has 6 nitrogen and oxygen atoms in total. The number of nitrogens with zero attached hydrogens (tertiary/aromatic N) is 3. The molecule has 0 aliphatic heterocycles.